The first-order chi connectivity index (χ1) is 5.83. The van der Waals surface area contributed by atoms with Gasteiger partial charge >= 0.3 is 0 Å². The SMILES string of the molecule is CC(CN)C1CCC2CCCC21. The van der Waals surface area contributed by atoms with E-state index in [0.717, 1.165) is 30.2 Å². The molecule has 70 valence electrons. The standard InChI is InChI=1S/C11H21N/c1-8(7-12)10-6-5-9-3-2-4-11(9)10/h8-11H,2-7,12H2,1H3. The highest BCUT2D eigenvalue weighted by Crippen LogP contribution is 2.49. The monoisotopic (exact) mass is 167 g/mol. The minimum absolute atomic E-state index is 0.776. The molecule has 0 bridgehead atoms. The predicted molar refractivity (Wildman–Crippen MR) is 51.8 cm³/mol. The molecule has 0 saturated heterocycles. The van der Waals surface area contributed by atoms with Gasteiger partial charge in [0, 0.05) is 0 Å². The van der Waals surface area contributed by atoms with Gasteiger partial charge in [-0.15, -0.1) is 0 Å². The molecule has 0 aromatic heterocycles. The Morgan fingerprint density at radius 1 is 1.25 bits per heavy atom. The van der Waals surface area contributed by atoms with Crippen LogP contribution in [-0.2, 0) is 0 Å². The number of rotatable bonds is 2. The summed E-state index contributed by atoms with van der Waals surface area (Å²) < 4.78 is 0. The minimum atomic E-state index is 0.776. The maximum atomic E-state index is 5.73. The van der Waals surface area contributed by atoms with Crippen molar-refractivity contribution in [3.05, 3.63) is 0 Å². The van der Waals surface area contributed by atoms with E-state index in [9.17, 15) is 0 Å². The number of fused-ring (bicyclic) bond motifs is 1. The molecular formula is C11H21N. The van der Waals surface area contributed by atoms with Crippen molar-refractivity contribution in [3.63, 3.8) is 0 Å². The Morgan fingerprint density at radius 3 is 2.83 bits per heavy atom. The highest BCUT2D eigenvalue weighted by molar-refractivity contribution is 4.91. The Labute approximate surface area is 75.7 Å². The van der Waals surface area contributed by atoms with Gasteiger partial charge in [-0.05, 0) is 49.5 Å². The molecule has 2 rings (SSSR count). The van der Waals surface area contributed by atoms with Crippen molar-refractivity contribution in [2.24, 2.45) is 29.4 Å². The molecular weight excluding hydrogens is 146 g/mol. The van der Waals surface area contributed by atoms with Gasteiger partial charge in [0.2, 0.25) is 0 Å². The van der Waals surface area contributed by atoms with Gasteiger partial charge in [-0.3, -0.25) is 0 Å². The Hall–Kier alpha value is -0.0400. The summed E-state index contributed by atoms with van der Waals surface area (Å²) in [6.45, 7) is 3.24. The lowest BCUT2D eigenvalue weighted by Crippen LogP contribution is -2.23. The number of nitrogens with two attached hydrogens (primary N) is 1. The highest BCUT2D eigenvalue weighted by Gasteiger charge is 2.40. The summed E-state index contributed by atoms with van der Waals surface area (Å²) in [7, 11) is 0. The largest absolute Gasteiger partial charge is 0.330 e. The van der Waals surface area contributed by atoms with Crippen LogP contribution in [-0.4, -0.2) is 6.54 Å². The number of hydrogen-bond donors (Lipinski definition) is 1. The van der Waals surface area contributed by atoms with Crippen LogP contribution in [0.3, 0.4) is 0 Å². The van der Waals surface area contributed by atoms with Crippen LogP contribution in [0.4, 0.5) is 0 Å². The van der Waals surface area contributed by atoms with E-state index in [2.05, 4.69) is 6.92 Å². The molecule has 2 aliphatic carbocycles. The van der Waals surface area contributed by atoms with Crippen molar-refractivity contribution < 1.29 is 0 Å². The second kappa shape index (κ2) is 3.37. The molecule has 2 fully saturated rings. The maximum absolute atomic E-state index is 5.73. The molecule has 0 radical (unpaired) electrons. The van der Waals surface area contributed by atoms with Crippen molar-refractivity contribution in [1.82, 2.24) is 0 Å². The van der Waals surface area contributed by atoms with Crippen molar-refractivity contribution in [2.75, 3.05) is 6.54 Å². The van der Waals surface area contributed by atoms with E-state index in [4.69, 9.17) is 5.73 Å². The zero-order valence-corrected chi connectivity index (χ0v) is 8.13. The Bertz CT molecular complexity index is 155. The van der Waals surface area contributed by atoms with E-state index in [0.29, 0.717) is 0 Å². The third kappa shape index (κ3) is 1.28. The van der Waals surface area contributed by atoms with Crippen molar-refractivity contribution in [2.45, 2.75) is 39.0 Å². The summed E-state index contributed by atoms with van der Waals surface area (Å²) in [6.07, 6.45) is 7.47. The smallest absolute Gasteiger partial charge is 0.00488 e. The van der Waals surface area contributed by atoms with Crippen molar-refractivity contribution in [1.29, 1.82) is 0 Å². The van der Waals surface area contributed by atoms with E-state index in [1.54, 1.807) is 0 Å². The van der Waals surface area contributed by atoms with Crippen LogP contribution in [0.15, 0.2) is 0 Å². The zero-order valence-electron chi connectivity index (χ0n) is 8.13. The molecule has 0 amide bonds. The molecule has 4 atom stereocenters. The van der Waals surface area contributed by atoms with E-state index in [1.807, 2.05) is 0 Å². The van der Waals surface area contributed by atoms with Crippen molar-refractivity contribution >= 4 is 0 Å². The van der Waals surface area contributed by atoms with Crippen LogP contribution >= 0.6 is 0 Å². The lowest BCUT2D eigenvalue weighted by molar-refractivity contribution is 0.266. The first-order valence-corrected chi connectivity index (χ1v) is 5.53. The van der Waals surface area contributed by atoms with Crippen LogP contribution in [0.25, 0.3) is 0 Å². The van der Waals surface area contributed by atoms with Crippen LogP contribution in [0.5, 0.6) is 0 Å². The molecule has 1 heteroatoms. The fourth-order valence-corrected chi connectivity index (χ4v) is 3.49. The third-order valence-electron chi connectivity index (χ3n) is 4.24. The topological polar surface area (TPSA) is 26.0 Å². The van der Waals surface area contributed by atoms with E-state index in [1.165, 1.54) is 32.1 Å². The van der Waals surface area contributed by atoms with Gasteiger partial charge in [-0.25, -0.2) is 0 Å². The fourth-order valence-electron chi connectivity index (χ4n) is 3.49. The van der Waals surface area contributed by atoms with Gasteiger partial charge in [0.25, 0.3) is 0 Å². The molecule has 2 aliphatic rings. The maximum Gasteiger partial charge on any atom is -0.00488 e. The van der Waals surface area contributed by atoms with E-state index < -0.39 is 0 Å². The van der Waals surface area contributed by atoms with E-state index in [-0.39, 0.29) is 0 Å². The van der Waals surface area contributed by atoms with Crippen molar-refractivity contribution in [3.8, 4) is 0 Å². The first-order valence-electron chi connectivity index (χ1n) is 5.53. The molecule has 0 aliphatic heterocycles. The Balaban J connectivity index is 1.99. The van der Waals surface area contributed by atoms with Gasteiger partial charge in [-0.2, -0.15) is 0 Å². The van der Waals surface area contributed by atoms with Gasteiger partial charge in [0.05, 0.1) is 0 Å². The normalized spacial score (nSPS) is 43.0. The zero-order chi connectivity index (χ0) is 8.55. The average Bonchev–Trinajstić information content (AvgIpc) is 2.62. The third-order valence-corrected chi connectivity index (χ3v) is 4.24. The minimum Gasteiger partial charge on any atom is -0.330 e. The summed E-state index contributed by atoms with van der Waals surface area (Å²) in [5, 5.41) is 0. The number of hydrogen-bond acceptors (Lipinski definition) is 1. The average molecular weight is 167 g/mol. The van der Waals surface area contributed by atoms with Crippen LogP contribution in [0, 0.1) is 23.7 Å². The summed E-state index contributed by atoms with van der Waals surface area (Å²) in [4.78, 5) is 0. The van der Waals surface area contributed by atoms with Crippen LogP contribution < -0.4 is 5.73 Å². The molecule has 2 saturated carbocycles. The second-order valence-corrected chi connectivity index (χ2v) is 4.81. The highest BCUT2D eigenvalue weighted by atomic mass is 14.6. The molecule has 1 nitrogen and oxygen atoms in total. The van der Waals surface area contributed by atoms with Gasteiger partial charge in [0.15, 0.2) is 0 Å². The molecule has 0 aromatic rings. The Morgan fingerprint density at radius 2 is 2.08 bits per heavy atom. The van der Waals surface area contributed by atoms with Crippen LogP contribution in [0.2, 0.25) is 0 Å². The summed E-state index contributed by atoms with van der Waals surface area (Å²) in [6, 6.07) is 0. The molecule has 4 unspecified atom stereocenters. The molecule has 12 heavy (non-hydrogen) atoms. The lowest BCUT2D eigenvalue weighted by atomic mass is 9.83. The Kier molecular flexibility index (Phi) is 2.40. The van der Waals surface area contributed by atoms with Gasteiger partial charge in [-0.1, -0.05) is 19.8 Å². The second-order valence-electron chi connectivity index (χ2n) is 4.81. The quantitative estimate of drug-likeness (QED) is 0.671. The molecule has 0 aromatic carbocycles. The molecule has 0 heterocycles. The summed E-state index contributed by atoms with van der Waals surface area (Å²) >= 11 is 0. The molecule has 2 N–H and O–H groups in total. The van der Waals surface area contributed by atoms with Gasteiger partial charge < -0.3 is 5.73 Å². The van der Waals surface area contributed by atoms with Crippen LogP contribution in [0.1, 0.15) is 39.0 Å². The first kappa shape index (κ1) is 8.55. The van der Waals surface area contributed by atoms with Gasteiger partial charge in [0.1, 0.15) is 0 Å². The summed E-state index contributed by atoms with van der Waals surface area (Å²) in [5.74, 6) is 3.90. The summed E-state index contributed by atoms with van der Waals surface area (Å²) in [5.41, 5.74) is 5.73. The lowest BCUT2D eigenvalue weighted by Gasteiger charge is -2.23. The van der Waals surface area contributed by atoms with E-state index >= 15 is 0 Å². The predicted octanol–water partition coefficient (Wildman–Crippen LogP) is 2.41. The molecule has 0 spiro atoms. The fraction of sp³-hybridized carbons (Fsp3) is 1.00.